The SMILES string of the molecule is CC1(C)CCCCC1C(=O)c1scc(Br)c1Br. The molecule has 4 heteroatoms. The van der Waals surface area contributed by atoms with Crippen molar-refractivity contribution in [1.82, 2.24) is 0 Å². The quantitative estimate of drug-likeness (QED) is 0.604. The lowest BCUT2D eigenvalue weighted by molar-refractivity contribution is 0.0701. The summed E-state index contributed by atoms with van der Waals surface area (Å²) in [6.07, 6.45) is 4.64. The van der Waals surface area contributed by atoms with E-state index in [1.165, 1.54) is 24.2 Å². The fraction of sp³-hybridized carbons (Fsp3) is 0.615. The summed E-state index contributed by atoms with van der Waals surface area (Å²) < 4.78 is 1.91. The lowest BCUT2D eigenvalue weighted by atomic mass is 9.67. The summed E-state index contributed by atoms with van der Waals surface area (Å²) >= 11 is 8.48. The van der Waals surface area contributed by atoms with Crippen LogP contribution in [0.4, 0.5) is 0 Å². The molecule has 1 aromatic heterocycles. The largest absolute Gasteiger partial charge is 0.293 e. The maximum atomic E-state index is 12.6. The van der Waals surface area contributed by atoms with E-state index < -0.39 is 0 Å². The van der Waals surface area contributed by atoms with Crippen molar-refractivity contribution in [2.24, 2.45) is 11.3 Å². The van der Waals surface area contributed by atoms with Gasteiger partial charge in [0.25, 0.3) is 0 Å². The van der Waals surface area contributed by atoms with Crippen LogP contribution in [-0.4, -0.2) is 5.78 Å². The topological polar surface area (TPSA) is 17.1 Å². The molecule has 0 radical (unpaired) electrons. The first-order chi connectivity index (χ1) is 7.93. The molecule has 0 aromatic carbocycles. The summed E-state index contributed by atoms with van der Waals surface area (Å²) in [6.45, 7) is 4.45. The predicted octanol–water partition coefficient (Wildman–Crippen LogP) is 5.67. The van der Waals surface area contributed by atoms with Gasteiger partial charge in [-0.25, -0.2) is 0 Å². The van der Waals surface area contributed by atoms with Crippen molar-refractivity contribution in [2.45, 2.75) is 39.5 Å². The zero-order valence-electron chi connectivity index (χ0n) is 10.1. The zero-order chi connectivity index (χ0) is 12.6. The molecule has 0 aliphatic heterocycles. The standard InChI is InChI=1S/C13H16Br2OS/c1-13(2)6-4-3-5-8(13)11(16)12-10(15)9(14)7-17-12/h7-8H,3-6H2,1-2H3. The maximum Gasteiger partial charge on any atom is 0.177 e. The van der Waals surface area contributed by atoms with Crippen LogP contribution < -0.4 is 0 Å². The van der Waals surface area contributed by atoms with Gasteiger partial charge in [0.1, 0.15) is 0 Å². The highest BCUT2D eigenvalue weighted by Gasteiger charge is 2.38. The molecule has 1 fully saturated rings. The van der Waals surface area contributed by atoms with Gasteiger partial charge < -0.3 is 0 Å². The molecule has 1 heterocycles. The fourth-order valence-electron chi connectivity index (χ4n) is 2.63. The third kappa shape index (κ3) is 2.69. The van der Waals surface area contributed by atoms with Crippen LogP contribution in [0.15, 0.2) is 14.3 Å². The van der Waals surface area contributed by atoms with Crippen LogP contribution in [0, 0.1) is 11.3 Å². The Balaban J connectivity index is 2.28. The van der Waals surface area contributed by atoms with Crippen molar-refractivity contribution in [1.29, 1.82) is 0 Å². The first kappa shape index (κ1) is 13.8. The molecule has 1 unspecified atom stereocenters. The van der Waals surface area contributed by atoms with E-state index in [4.69, 9.17) is 0 Å². The molecule has 0 N–H and O–H groups in total. The second-order valence-electron chi connectivity index (χ2n) is 5.38. The molecule has 1 atom stereocenters. The molecule has 1 aliphatic carbocycles. The van der Waals surface area contributed by atoms with Crippen molar-refractivity contribution in [2.75, 3.05) is 0 Å². The van der Waals surface area contributed by atoms with E-state index in [1.54, 1.807) is 0 Å². The van der Waals surface area contributed by atoms with Gasteiger partial charge in [-0.15, -0.1) is 11.3 Å². The molecule has 1 nitrogen and oxygen atoms in total. The van der Waals surface area contributed by atoms with Crippen molar-refractivity contribution < 1.29 is 4.79 Å². The fourth-order valence-corrected chi connectivity index (χ4v) is 4.79. The Bertz CT molecular complexity index is 437. The Labute approximate surface area is 123 Å². The van der Waals surface area contributed by atoms with Crippen LogP contribution in [0.2, 0.25) is 0 Å². The molecule has 17 heavy (non-hydrogen) atoms. The van der Waals surface area contributed by atoms with Gasteiger partial charge >= 0.3 is 0 Å². The molecule has 1 aliphatic rings. The molecule has 0 spiro atoms. The van der Waals surface area contributed by atoms with E-state index in [0.717, 1.165) is 26.7 Å². The molecule has 0 amide bonds. The highest BCUT2D eigenvalue weighted by atomic mass is 79.9. The minimum Gasteiger partial charge on any atom is -0.293 e. The number of rotatable bonds is 2. The average molecular weight is 380 g/mol. The molecule has 1 aromatic rings. The van der Waals surface area contributed by atoms with E-state index in [2.05, 4.69) is 45.7 Å². The van der Waals surface area contributed by atoms with Crippen molar-refractivity contribution in [3.8, 4) is 0 Å². The van der Waals surface area contributed by atoms with Crippen LogP contribution in [0.25, 0.3) is 0 Å². The van der Waals surface area contributed by atoms with E-state index in [1.807, 2.05) is 5.38 Å². The maximum absolute atomic E-state index is 12.6. The molecular formula is C13H16Br2OS. The van der Waals surface area contributed by atoms with Crippen LogP contribution in [-0.2, 0) is 0 Å². The number of Topliss-reactive ketones (excluding diaryl/α,β-unsaturated/α-hetero) is 1. The van der Waals surface area contributed by atoms with E-state index in [-0.39, 0.29) is 11.3 Å². The number of halogens is 2. The molecule has 0 saturated heterocycles. The van der Waals surface area contributed by atoms with Gasteiger partial charge in [-0.2, -0.15) is 0 Å². The first-order valence-corrected chi connectivity index (χ1v) is 8.37. The highest BCUT2D eigenvalue weighted by Crippen LogP contribution is 2.44. The number of carbonyl (C=O) groups excluding carboxylic acids is 1. The molecule has 1 saturated carbocycles. The van der Waals surface area contributed by atoms with E-state index in [9.17, 15) is 4.79 Å². The summed E-state index contributed by atoms with van der Waals surface area (Å²) in [6, 6.07) is 0. The monoisotopic (exact) mass is 378 g/mol. The number of carbonyl (C=O) groups is 1. The van der Waals surface area contributed by atoms with Gasteiger partial charge in [-0.1, -0.05) is 26.7 Å². The third-order valence-corrected chi connectivity index (χ3v) is 7.28. The minimum absolute atomic E-state index is 0.144. The van der Waals surface area contributed by atoms with Crippen molar-refractivity contribution in [3.63, 3.8) is 0 Å². The number of thiophene rings is 1. The summed E-state index contributed by atoms with van der Waals surface area (Å²) in [7, 11) is 0. The second kappa shape index (κ2) is 5.14. The van der Waals surface area contributed by atoms with Gasteiger partial charge in [-0.05, 0) is 50.1 Å². The highest BCUT2D eigenvalue weighted by molar-refractivity contribution is 9.13. The number of hydrogen-bond acceptors (Lipinski definition) is 2. The molecule has 94 valence electrons. The Hall–Kier alpha value is 0.330. The average Bonchev–Trinajstić information content (AvgIpc) is 2.58. The van der Waals surface area contributed by atoms with Crippen LogP contribution in [0.3, 0.4) is 0 Å². The Morgan fingerprint density at radius 2 is 2.12 bits per heavy atom. The van der Waals surface area contributed by atoms with Gasteiger partial charge in [0, 0.05) is 15.8 Å². The van der Waals surface area contributed by atoms with E-state index >= 15 is 0 Å². The van der Waals surface area contributed by atoms with Crippen LogP contribution in [0.1, 0.15) is 49.2 Å². The first-order valence-electron chi connectivity index (χ1n) is 5.90. The minimum atomic E-state index is 0.144. The Morgan fingerprint density at radius 3 is 2.65 bits per heavy atom. The smallest absolute Gasteiger partial charge is 0.177 e. The van der Waals surface area contributed by atoms with Gasteiger partial charge in [-0.3, -0.25) is 4.79 Å². The summed E-state index contributed by atoms with van der Waals surface area (Å²) in [4.78, 5) is 13.5. The van der Waals surface area contributed by atoms with E-state index in [0.29, 0.717) is 5.78 Å². The Morgan fingerprint density at radius 1 is 1.41 bits per heavy atom. The van der Waals surface area contributed by atoms with Crippen molar-refractivity contribution in [3.05, 3.63) is 19.2 Å². The van der Waals surface area contributed by atoms with Gasteiger partial charge in [0.05, 0.1) is 9.35 Å². The number of ketones is 1. The van der Waals surface area contributed by atoms with Gasteiger partial charge in [0.15, 0.2) is 5.78 Å². The lowest BCUT2D eigenvalue weighted by Crippen LogP contribution is -2.33. The third-order valence-electron chi connectivity index (χ3n) is 3.74. The zero-order valence-corrected chi connectivity index (χ0v) is 14.0. The van der Waals surface area contributed by atoms with Crippen LogP contribution >= 0.6 is 43.2 Å². The number of hydrogen-bond donors (Lipinski definition) is 0. The van der Waals surface area contributed by atoms with Gasteiger partial charge in [0.2, 0.25) is 0 Å². The van der Waals surface area contributed by atoms with Crippen LogP contribution in [0.5, 0.6) is 0 Å². The van der Waals surface area contributed by atoms with Crippen molar-refractivity contribution >= 4 is 49.0 Å². The molecule has 0 bridgehead atoms. The molecule has 2 rings (SSSR count). The normalized spacial score (nSPS) is 23.6. The Kier molecular flexibility index (Phi) is 4.16. The predicted molar refractivity (Wildman–Crippen MR) is 79.8 cm³/mol. The summed E-state index contributed by atoms with van der Waals surface area (Å²) in [5, 5.41) is 1.98. The summed E-state index contributed by atoms with van der Waals surface area (Å²) in [5.41, 5.74) is 0.144. The molecular weight excluding hydrogens is 364 g/mol. The summed E-state index contributed by atoms with van der Waals surface area (Å²) in [5.74, 6) is 0.496. The second-order valence-corrected chi connectivity index (χ2v) is 7.90. The lowest BCUT2D eigenvalue weighted by Gasteiger charge is -2.37.